The minimum Gasteiger partial charge on any atom is -0.482 e. The predicted octanol–water partition coefficient (Wildman–Crippen LogP) is 1.75. The lowest BCUT2D eigenvalue weighted by Gasteiger charge is -2.30. The maximum absolute atomic E-state index is 12.1. The number of hydrogen-bond acceptors (Lipinski definition) is 5. The molecule has 3 rings (SSSR count). The Balaban J connectivity index is 1.43. The molecule has 1 saturated heterocycles. The summed E-state index contributed by atoms with van der Waals surface area (Å²) in [6, 6.07) is 5.26. The van der Waals surface area contributed by atoms with E-state index in [1.807, 2.05) is 6.07 Å². The Morgan fingerprint density at radius 2 is 2.12 bits per heavy atom. The molecule has 0 aliphatic carbocycles. The van der Waals surface area contributed by atoms with Crippen molar-refractivity contribution in [3.63, 3.8) is 0 Å². The van der Waals surface area contributed by atoms with Gasteiger partial charge >= 0.3 is 5.97 Å². The summed E-state index contributed by atoms with van der Waals surface area (Å²) >= 11 is 0. The van der Waals surface area contributed by atoms with Crippen molar-refractivity contribution < 1.29 is 23.9 Å². The lowest BCUT2D eigenvalue weighted by Crippen LogP contribution is -2.41. The molecule has 1 aromatic rings. The highest BCUT2D eigenvalue weighted by molar-refractivity contribution is 5.94. The van der Waals surface area contributed by atoms with E-state index in [0.29, 0.717) is 24.5 Å². The summed E-state index contributed by atoms with van der Waals surface area (Å²) in [5.41, 5.74) is 1.75. The summed E-state index contributed by atoms with van der Waals surface area (Å²) in [6.45, 7) is 3.06. The minimum absolute atomic E-state index is 0.00233. The Morgan fingerprint density at radius 1 is 1.27 bits per heavy atom. The molecule has 7 heteroatoms. The molecule has 2 aliphatic rings. The van der Waals surface area contributed by atoms with Gasteiger partial charge in [-0.3, -0.25) is 9.59 Å². The number of piperidine rings is 1. The second-order valence-corrected chi connectivity index (χ2v) is 6.90. The number of nitrogens with one attached hydrogen (secondary N) is 1. The quantitative estimate of drug-likeness (QED) is 0.809. The van der Waals surface area contributed by atoms with E-state index < -0.39 is 5.97 Å². The first kappa shape index (κ1) is 18.2. The lowest BCUT2D eigenvalue weighted by atomic mass is 10.0. The molecule has 1 fully saturated rings. The van der Waals surface area contributed by atoms with Gasteiger partial charge in [-0.15, -0.1) is 0 Å². The molecular formula is C19H24N2O5. The average molecular weight is 360 g/mol. The largest absolute Gasteiger partial charge is 0.482 e. The van der Waals surface area contributed by atoms with E-state index >= 15 is 0 Å². The van der Waals surface area contributed by atoms with E-state index in [-0.39, 0.29) is 25.0 Å². The third-order valence-electron chi connectivity index (χ3n) is 4.70. The fourth-order valence-electron chi connectivity index (χ4n) is 3.28. The molecule has 2 amide bonds. The van der Waals surface area contributed by atoms with Crippen molar-refractivity contribution in [2.45, 2.75) is 32.6 Å². The van der Waals surface area contributed by atoms with Gasteiger partial charge in [0.2, 0.25) is 5.91 Å². The van der Waals surface area contributed by atoms with E-state index in [0.717, 1.165) is 37.2 Å². The van der Waals surface area contributed by atoms with Gasteiger partial charge in [-0.2, -0.15) is 0 Å². The Kier molecular flexibility index (Phi) is 5.75. The molecule has 1 aromatic carbocycles. The van der Waals surface area contributed by atoms with E-state index in [1.165, 1.54) is 0 Å². The van der Waals surface area contributed by atoms with Crippen molar-refractivity contribution in [3.05, 3.63) is 23.8 Å². The fourth-order valence-corrected chi connectivity index (χ4v) is 3.28. The Hall–Kier alpha value is -2.57. The predicted molar refractivity (Wildman–Crippen MR) is 94.8 cm³/mol. The topological polar surface area (TPSA) is 84.9 Å². The van der Waals surface area contributed by atoms with Gasteiger partial charge in [0.25, 0.3) is 5.91 Å². The normalized spacial score (nSPS) is 19.3. The fraction of sp³-hybridized carbons (Fsp3) is 0.526. The zero-order valence-corrected chi connectivity index (χ0v) is 15.0. The van der Waals surface area contributed by atoms with Crippen LogP contribution in [0.4, 0.5) is 5.69 Å². The first-order valence-electron chi connectivity index (χ1n) is 9.00. The van der Waals surface area contributed by atoms with Gasteiger partial charge in [0.1, 0.15) is 5.75 Å². The summed E-state index contributed by atoms with van der Waals surface area (Å²) in [5, 5.41) is 2.79. The number of carbonyl (C=O) groups excluding carboxylic acids is 3. The molecule has 0 saturated carbocycles. The highest BCUT2D eigenvalue weighted by Gasteiger charge is 2.22. The van der Waals surface area contributed by atoms with Crippen LogP contribution in [0.25, 0.3) is 0 Å². The molecule has 2 heterocycles. The molecule has 26 heavy (non-hydrogen) atoms. The third-order valence-corrected chi connectivity index (χ3v) is 4.70. The van der Waals surface area contributed by atoms with Gasteiger partial charge < -0.3 is 19.7 Å². The summed E-state index contributed by atoms with van der Waals surface area (Å²) < 4.78 is 10.5. The number of nitrogens with zero attached hydrogens (tertiary/aromatic N) is 1. The molecule has 0 spiro atoms. The number of ether oxygens (including phenoxy) is 2. The van der Waals surface area contributed by atoms with E-state index in [1.54, 1.807) is 17.0 Å². The SMILES string of the molecule is CC1CCCN(C(=O)COC(=O)COc2ccc3c(c2)CCC(=O)N3)C1. The smallest absolute Gasteiger partial charge is 0.344 e. The van der Waals surface area contributed by atoms with Gasteiger partial charge in [0, 0.05) is 25.2 Å². The number of likely N-dealkylation sites (tertiary alicyclic amines) is 1. The summed E-state index contributed by atoms with van der Waals surface area (Å²) in [5.74, 6) is 0.292. The highest BCUT2D eigenvalue weighted by atomic mass is 16.6. The molecule has 2 aliphatic heterocycles. The minimum atomic E-state index is -0.575. The van der Waals surface area contributed by atoms with Gasteiger partial charge in [-0.1, -0.05) is 6.92 Å². The summed E-state index contributed by atoms with van der Waals surface area (Å²) in [4.78, 5) is 37.0. The highest BCUT2D eigenvalue weighted by Crippen LogP contribution is 2.26. The maximum Gasteiger partial charge on any atom is 0.344 e. The van der Waals surface area contributed by atoms with Crippen LogP contribution < -0.4 is 10.1 Å². The number of esters is 1. The molecule has 0 radical (unpaired) electrons. The van der Waals surface area contributed by atoms with E-state index in [2.05, 4.69) is 12.2 Å². The first-order chi connectivity index (χ1) is 12.5. The second-order valence-electron chi connectivity index (χ2n) is 6.90. The Bertz CT molecular complexity index is 703. The second kappa shape index (κ2) is 8.21. The standard InChI is InChI=1S/C19H24N2O5/c1-13-3-2-8-21(10-13)18(23)11-26-19(24)12-25-15-5-6-16-14(9-15)4-7-17(22)20-16/h5-6,9,13H,2-4,7-8,10-12H2,1H3,(H,20,22). The van der Waals surface area contributed by atoms with Crippen molar-refractivity contribution in [1.82, 2.24) is 4.90 Å². The van der Waals surface area contributed by atoms with E-state index in [4.69, 9.17) is 9.47 Å². The molecule has 140 valence electrons. The number of aryl methyl sites for hydroxylation is 1. The molecule has 1 atom stereocenters. The Labute approximate surface area is 152 Å². The number of fused-ring (bicyclic) bond motifs is 1. The van der Waals surface area contributed by atoms with Crippen LogP contribution in [-0.4, -0.2) is 49.0 Å². The van der Waals surface area contributed by atoms with Crippen molar-refractivity contribution in [2.75, 3.05) is 31.6 Å². The average Bonchev–Trinajstić information content (AvgIpc) is 2.64. The van der Waals surface area contributed by atoms with Crippen LogP contribution in [0.1, 0.15) is 31.7 Å². The van der Waals surface area contributed by atoms with Gasteiger partial charge in [-0.25, -0.2) is 4.79 Å². The van der Waals surface area contributed by atoms with Crippen LogP contribution in [0.15, 0.2) is 18.2 Å². The van der Waals surface area contributed by atoms with Crippen LogP contribution in [-0.2, 0) is 25.5 Å². The summed E-state index contributed by atoms with van der Waals surface area (Å²) in [6.07, 6.45) is 3.20. The first-order valence-corrected chi connectivity index (χ1v) is 9.00. The van der Waals surface area contributed by atoms with Crippen LogP contribution in [0.3, 0.4) is 0 Å². The molecule has 7 nitrogen and oxygen atoms in total. The maximum atomic E-state index is 12.1. The van der Waals surface area contributed by atoms with E-state index in [9.17, 15) is 14.4 Å². The zero-order chi connectivity index (χ0) is 18.5. The monoisotopic (exact) mass is 360 g/mol. The van der Waals surface area contributed by atoms with Crippen molar-refractivity contribution in [3.8, 4) is 5.75 Å². The lowest BCUT2D eigenvalue weighted by molar-refractivity contribution is -0.154. The van der Waals surface area contributed by atoms with Crippen molar-refractivity contribution >= 4 is 23.5 Å². The number of benzene rings is 1. The van der Waals surface area contributed by atoms with Gasteiger partial charge in [0.15, 0.2) is 13.2 Å². The summed E-state index contributed by atoms with van der Waals surface area (Å²) in [7, 11) is 0. The van der Waals surface area contributed by atoms with Gasteiger partial charge in [-0.05, 0) is 48.9 Å². The van der Waals surface area contributed by atoms with Crippen LogP contribution in [0, 0.1) is 5.92 Å². The van der Waals surface area contributed by atoms with Crippen LogP contribution >= 0.6 is 0 Å². The molecule has 0 bridgehead atoms. The number of rotatable bonds is 5. The van der Waals surface area contributed by atoms with Crippen molar-refractivity contribution in [2.24, 2.45) is 5.92 Å². The molecule has 1 unspecified atom stereocenters. The third kappa shape index (κ3) is 4.74. The van der Waals surface area contributed by atoms with Crippen molar-refractivity contribution in [1.29, 1.82) is 0 Å². The number of hydrogen-bond donors (Lipinski definition) is 1. The number of carbonyl (C=O) groups is 3. The zero-order valence-electron chi connectivity index (χ0n) is 15.0. The Morgan fingerprint density at radius 3 is 2.92 bits per heavy atom. The number of anilines is 1. The van der Waals surface area contributed by atoms with Gasteiger partial charge in [0.05, 0.1) is 0 Å². The van der Waals surface area contributed by atoms with Crippen LogP contribution in [0.5, 0.6) is 5.75 Å². The van der Waals surface area contributed by atoms with Crippen LogP contribution in [0.2, 0.25) is 0 Å². The number of amides is 2. The molecular weight excluding hydrogens is 336 g/mol. The molecule has 1 N–H and O–H groups in total. The molecule has 0 aromatic heterocycles.